The van der Waals surface area contributed by atoms with Crippen molar-refractivity contribution in [3.8, 4) is 0 Å². The second kappa shape index (κ2) is 4.28. The van der Waals surface area contributed by atoms with Crippen LogP contribution < -0.4 is 5.32 Å². The highest BCUT2D eigenvalue weighted by molar-refractivity contribution is 5.77. The zero-order valence-electron chi connectivity index (χ0n) is 8.66. The van der Waals surface area contributed by atoms with Crippen LogP contribution in [-0.2, 0) is 9.53 Å². The maximum Gasteiger partial charge on any atom is 0.248 e. The van der Waals surface area contributed by atoms with Crippen molar-refractivity contribution in [1.82, 2.24) is 10.2 Å². The van der Waals surface area contributed by atoms with Crippen molar-refractivity contribution in [1.29, 1.82) is 0 Å². The third kappa shape index (κ3) is 1.91. The van der Waals surface area contributed by atoms with Gasteiger partial charge in [0.1, 0.15) is 6.61 Å². The van der Waals surface area contributed by atoms with Crippen LogP contribution in [0.3, 0.4) is 0 Å². The van der Waals surface area contributed by atoms with Gasteiger partial charge in [0.2, 0.25) is 5.91 Å². The summed E-state index contributed by atoms with van der Waals surface area (Å²) in [5.74, 6) is 1.52. The number of likely N-dealkylation sites (tertiary alicyclic amines) is 1. The number of nitrogens with one attached hydrogen (secondary N) is 1. The van der Waals surface area contributed by atoms with Gasteiger partial charge in [-0.05, 0) is 18.8 Å². The molecule has 0 aromatic heterocycles. The summed E-state index contributed by atoms with van der Waals surface area (Å²) >= 11 is 0. The topological polar surface area (TPSA) is 41.6 Å². The second-order valence-electron chi connectivity index (χ2n) is 4.11. The highest BCUT2D eigenvalue weighted by Gasteiger charge is 2.37. The maximum atomic E-state index is 11.6. The van der Waals surface area contributed by atoms with E-state index >= 15 is 0 Å². The van der Waals surface area contributed by atoms with Gasteiger partial charge >= 0.3 is 0 Å². The summed E-state index contributed by atoms with van der Waals surface area (Å²) < 4.78 is 5.12. The van der Waals surface area contributed by atoms with Gasteiger partial charge in [-0.15, -0.1) is 0 Å². The maximum absolute atomic E-state index is 11.6. The zero-order valence-corrected chi connectivity index (χ0v) is 8.66. The first-order valence-electron chi connectivity index (χ1n) is 5.37. The number of amides is 1. The molecule has 2 rings (SSSR count). The number of hydrogen-bond acceptors (Lipinski definition) is 3. The Hall–Kier alpha value is -0.610. The number of ether oxygens (including phenoxy) is 1. The van der Waals surface area contributed by atoms with Crippen LogP contribution in [0.15, 0.2) is 0 Å². The minimum Gasteiger partial charge on any atom is -0.372 e. The average Bonchev–Trinajstić information content (AvgIpc) is 2.72. The molecule has 0 aliphatic carbocycles. The minimum atomic E-state index is 0.154. The summed E-state index contributed by atoms with van der Waals surface area (Å²) in [7, 11) is 0. The molecule has 0 unspecified atom stereocenters. The fourth-order valence-corrected chi connectivity index (χ4v) is 2.34. The van der Waals surface area contributed by atoms with Crippen molar-refractivity contribution in [2.24, 2.45) is 11.8 Å². The van der Waals surface area contributed by atoms with E-state index in [4.69, 9.17) is 4.74 Å². The Morgan fingerprint density at radius 2 is 2.07 bits per heavy atom. The van der Waals surface area contributed by atoms with Crippen molar-refractivity contribution < 1.29 is 9.53 Å². The van der Waals surface area contributed by atoms with Crippen LogP contribution in [0.5, 0.6) is 0 Å². The molecule has 0 spiro atoms. The Balaban J connectivity index is 1.80. The smallest absolute Gasteiger partial charge is 0.248 e. The molecule has 1 amide bonds. The van der Waals surface area contributed by atoms with Crippen molar-refractivity contribution >= 4 is 5.91 Å². The van der Waals surface area contributed by atoms with Gasteiger partial charge in [0.25, 0.3) is 0 Å². The molecular formula is C10H18N2O2. The first kappa shape index (κ1) is 9.93. The van der Waals surface area contributed by atoms with E-state index in [0.29, 0.717) is 18.4 Å². The molecule has 80 valence electrons. The van der Waals surface area contributed by atoms with Gasteiger partial charge in [-0.3, -0.25) is 4.79 Å². The van der Waals surface area contributed by atoms with E-state index in [-0.39, 0.29) is 12.5 Å². The lowest BCUT2D eigenvalue weighted by Crippen LogP contribution is -2.34. The molecule has 2 heterocycles. The van der Waals surface area contributed by atoms with E-state index in [9.17, 15) is 4.79 Å². The van der Waals surface area contributed by atoms with E-state index in [2.05, 4.69) is 5.32 Å². The van der Waals surface area contributed by atoms with Gasteiger partial charge in [0, 0.05) is 32.8 Å². The molecule has 4 nitrogen and oxygen atoms in total. The summed E-state index contributed by atoms with van der Waals surface area (Å²) in [5, 5.41) is 3.36. The van der Waals surface area contributed by atoms with Crippen molar-refractivity contribution in [2.75, 3.05) is 39.4 Å². The monoisotopic (exact) mass is 198 g/mol. The fraction of sp³-hybridized carbons (Fsp3) is 0.900. The van der Waals surface area contributed by atoms with Crippen LogP contribution >= 0.6 is 0 Å². The highest BCUT2D eigenvalue weighted by Crippen LogP contribution is 2.26. The third-order valence-corrected chi connectivity index (χ3v) is 3.17. The molecule has 2 aliphatic rings. The van der Waals surface area contributed by atoms with E-state index in [1.165, 1.54) is 0 Å². The molecule has 0 bridgehead atoms. The molecule has 0 radical (unpaired) electrons. The minimum absolute atomic E-state index is 0.154. The van der Waals surface area contributed by atoms with Crippen LogP contribution in [0, 0.1) is 11.8 Å². The fourth-order valence-electron chi connectivity index (χ4n) is 2.34. The number of fused-ring (bicyclic) bond motifs is 1. The standard InChI is InChI=1S/C10H18N2O2/c1-2-14-7-10(13)12-5-8-3-11-4-9(8)6-12/h8-9,11H,2-7H2,1H3/t8-,9+. The molecule has 0 saturated carbocycles. The third-order valence-electron chi connectivity index (χ3n) is 3.17. The number of hydrogen-bond donors (Lipinski definition) is 1. The predicted molar refractivity (Wildman–Crippen MR) is 52.9 cm³/mol. The number of nitrogens with zero attached hydrogens (tertiary/aromatic N) is 1. The summed E-state index contributed by atoms with van der Waals surface area (Å²) in [5.41, 5.74) is 0. The van der Waals surface area contributed by atoms with Crippen molar-refractivity contribution in [3.05, 3.63) is 0 Å². The average molecular weight is 198 g/mol. The Morgan fingerprint density at radius 1 is 1.43 bits per heavy atom. The van der Waals surface area contributed by atoms with E-state index in [0.717, 1.165) is 26.2 Å². The summed E-state index contributed by atoms with van der Waals surface area (Å²) in [6.45, 7) is 6.77. The van der Waals surface area contributed by atoms with Crippen LogP contribution in [0.2, 0.25) is 0 Å². The molecule has 0 aromatic carbocycles. The lowest BCUT2D eigenvalue weighted by Gasteiger charge is -2.17. The Morgan fingerprint density at radius 3 is 2.64 bits per heavy atom. The Labute approximate surface area is 84.6 Å². The molecule has 2 saturated heterocycles. The normalized spacial score (nSPS) is 30.8. The van der Waals surface area contributed by atoms with Crippen LogP contribution in [-0.4, -0.2) is 50.2 Å². The molecule has 2 fully saturated rings. The molecule has 1 N–H and O–H groups in total. The first-order valence-corrected chi connectivity index (χ1v) is 5.37. The summed E-state index contributed by atoms with van der Waals surface area (Å²) in [6.07, 6.45) is 0. The van der Waals surface area contributed by atoms with Crippen molar-refractivity contribution in [2.45, 2.75) is 6.92 Å². The van der Waals surface area contributed by atoms with Gasteiger partial charge in [0.05, 0.1) is 0 Å². The van der Waals surface area contributed by atoms with E-state index < -0.39 is 0 Å². The predicted octanol–water partition coefficient (Wildman–Crippen LogP) is -0.299. The van der Waals surface area contributed by atoms with Gasteiger partial charge in [-0.25, -0.2) is 0 Å². The largest absolute Gasteiger partial charge is 0.372 e. The van der Waals surface area contributed by atoms with Crippen LogP contribution in [0.1, 0.15) is 6.92 Å². The van der Waals surface area contributed by atoms with Gasteiger partial charge in [-0.1, -0.05) is 0 Å². The van der Waals surface area contributed by atoms with E-state index in [1.54, 1.807) is 0 Å². The molecule has 2 atom stereocenters. The molecule has 4 heteroatoms. The van der Waals surface area contributed by atoms with Gasteiger partial charge < -0.3 is 15.0 Å². The molecule has 2 aliphatic heterocycles. The molecule has 14 heavy (non-hydrogen) atoms. The number of rotatable bonds is 3. The molecule has 0 aromatic rings. The number of carbonyl (C=O) groups excluding carboxylic acids is 1. The number of carbonyl (C=O) groups is 1. The lowest BCUT2D eigenvalue weighted by molar-refractivity contribution is -0.135. The Kier molecular flexibility index (Phi) is 3.03. The first-order chi connectivity index (χ1) is 6.81. The SMILES string of the molecule is CCOCC(=O)N1C[C@H]2CNC[C@H]2C1. The summed E-state index contributed by atoms with van der Waals surface area (Å²) in [4.78, 5) is 13.6. The quantitative estimate of drug-likeness (QED) is 0.677. The highest BCUT2D eigenvalue weighted by atomic mass is 16.5. The van der Waals surface area contributed by atoms with Gasteiger partial charge in [0.15, 0.2) is 0 Å². The van der Waals surface area contributed by atoms with Crippen LogP contribution in [0.4, 0.5) is 0 Å². The van der Waals surface area contributed by atoms with Crippen molar-refractivity contribution in [3.63, 3.8) is 0 Å². The molecular weight excluding hydrogens is 180 g/mol. The van der Waals surface area contributed by atoms with E-state index in [1.807, 2.05) is 11.8 Å². The second-order valence-corrected chi connectivity index (χ2v) is 4.11. The lowest BCUT2D eigenvalue weighted by atomic mass is 10.0. The Bertz CT molecular complexity index is 208. The summed E-state index contributed by atoms with van der Waals surface area (Å²) in [6, 6.07) is 0. The van der Waals surface area contributed by atoms with Gasteiger partial charge in [-0.2, -0.15) is 0 Å². The zero-order chi connectivity index (χ0) is 9.97. The van der Waals surface area contributed by atoms with Crippen LogP contribution in [0.25, 0.3) is 0 Å².